The van der Waals surface area contributed by atoms with Crippen molar-refractivity contribution in [1.82, 2.24) is 4.48 Å². The van der Waals surface area contributed by atoms with Crippen molar-refractivity contribution in [2.24, 2.45) is 0 Å². The van der Waals surface area contributed by atoms with Crippen molar-refractivity contribution < 1.29 is 0 Å². The van der Waals surface area contributed by atoms with Crippen LogP contribution in [0.15, 0.2) is 48.5 Å². The second kappa shape index (κ2) is 4.75. The molecular weight excluding hydrogens is 242 g/mol. The Bertz CT molecular complexity index is 587. The van der Waals surface area contributed by atoms with E-state index in [9.17, 15) is 0 Å². The summed E-state index contributed by atoms with van der Waals surface area (Å²) in [5.74, 6) is 0. The van der Waals surface area contributed by atoms with E-state index in [-0.39, 0.29) is 0 Å². The molecule has 2 heterocycles. The third-order valence-electron chi connectivity index (χ3n) is 5.07. The van der Waals surface area contributed by atoms with E-state index in [0.29, 0.717) is 0 Å². The summed E-state index contributed by atoms with van der Waals surface area (Å²) in [5.41, 5.74) is 6.39. The molecule has 2 aliphatic heterocycles. The molecule has 4 rings (SSSR count). The fourth-order valence-corrected chi connectivity index (χ4v) is 4.31. The largest absolute Gasteiger partial charge is 0.287 e. The Hall–Kier alpha value is -1.60. The monoisotopic (exact) mass is 264 g/mol. The number of benzene rings is 2. The number of quaternary nitrogens is 1. The molecule has 2 aliphatic rings. The van der Waals surface area contributed by atoms with Gasteiger partial charge in [-0.15, -0.1) is 0 Å². The predicted octanol–water partition coefficient (Wildman–Crippen LogP) is 4.09. The van der Waals surface area contributed by atoms with Gasteiger partial charge in [-0.05, 0) is 12.8 Å². The Kier molecular flexibility index (Phi) is 2.89. The van der Waals surface area contributed by atoms with Crippen LogP contribution in [-0.4, -0.2) is 13.1 Å². The van der Waals surface area contributed by atoms with Crippen molar-refractivity contribution in [1.29, 1.82) is 0 Å². The van der Waals surface area contributed by atoms with E-state index in [4.69, 9.17) is 0 Å². The second-order valence-electron chi connectivity index (χ2n) is 6.37. The maximum atomic E-state index is 2.36. The number of para-hydroxylation sites is 1. The van der Waals surface area contributed by atoms with E-state index < -0.39 is 0 Å². The lowest BCUT2D eigenvalue weighted by Gasteiger charge is -2.46. The molecule has 2 aromatic rings. The topological polar surface area (TPSA) is 0 Å². The van der Waals surface area contributed by atoms with Crippen LogP contribution < -0.4 is 4.48 Å². The van der Waals surface area contributed by atoms with Crippen LogP contribution in [0, 0.1) is 0 Å². The Morgan fingerprint density at radius 3 is 2.05 bits per heavy atom. The highest BCUT2D eigenvalue weighted by Gasteiger charge is 2.39. The van der Waals surface area contributed by atoms with Crippen molar-refractivity contribution in [3.8, 4) is 0 Å². The molecule has 0 amide bonds. The SMILES string of the molecule is c1ccc(C[N+]23CCCc4cccc(c42)CCC3)cc1. The summed E-state index contributed by atoms with van der Waals surface area (Å²) in [7, 11) is 0. The molecule has 0 radical (unpaired) electrons. The van der Waals surface area contributed by atoms with Gasteiger partial charge in [0.05, 0.1) is 13.1 Å². The molecular formula is C19H22N+. The lowest BCUT2D eigenvalue weighted by Crippen LogP contribution is -2.54. The van der Waals surface area contributed by atoms with Gasteiger partial charge in [0.25, 0.3) is 0 Å². The zero-order valence-corrected chi connectivity index (χ0v) is 12.0. The number of aryl methyl sites for hydroxylation is 2. The average molecular weight is 264 g/mol. The number of hydrogen-bond donors (Lipinski definition) is 0. The van der Waals surface area contributed by atoms with Gasteiger partial charge in [-0.1, -0.05) is 48.5 Å². The molecule has 0 N–H and O–H groups in total. The minimum absolute atomic E-state index is 1.17. The molecule has 102 valence electrons. The molecule has 1 heteroatoms. The molecule has 0 spiro atoms. The fraction of sp³-hybridized carbons (Fsp3) is 0.368. The van der Waals surface area contributed by atoms with Gasteiger partial charge in [0.1, 0.15) is 12.2 Å². The van der Waals surface area contributed by atoms with Crippen molar-refractivity contribution >= 4 is 5.69 Å². The van der Waals surface area contributed by atoms with Crippen LogP contribution in [0.2, 0.25) is 0 Å². The summed E-state index contributed by atoms with van der Waals surface area (Å²) < 4.78 is 1.20. The highest BCUT2D eigenvalue weighted by atomic mass is 15.4. The van der Waals surface area contributed by atoms with Crippen LogP contribution in [0.25, 0.3) is 0 Å². The summed E-state index contributed by atoms with van der Waals surface area (Å²) in [4.78, 5) is 0. The molecule has 1 nitrogen and oxygen atoms in total. The van der Waals surface area contributed by atoms with Crippen molar-refractivity contribution in [2.45, 2.75) is 32.2 Å². The molecule has 0 fully saturated rings. The smallest absolute Gasteiger partial charge is 0.139 e. The van der Waals surface area contributed by atoms with Crippen molar-refractivity contribution in [3.05, 3.63) is 65.2 Å². The van der Waals surface area contributed by atoms with Crippen LogP contribution in [0.5, 0.6) is 0 Å². The van der Waals surface area contributed by atoms with Gasteiger partial charge < -0.3 is 0 Å². The van der Waals surface area contributed by atoms with Crippen LogP contribution >= 0.6 is 0 Å². The predicted molar refractivity (Wildman–Crippen MR) is 84.8 cm³/mol. The maximum Gasteiger partial charge on any atom is 0.139 e. The van der Waals surface area contributed by atoms with Gasteiger partial charge in [-0.2, -0.15) is 0 Å². The van der Waals surface area contributed by atoms with Crippen LogP contribution in [0.4, 0.5) is 5.69 Å². The lowest BCUT2D eigenvalue weighted by molar-refractivity contribution is 0.231. The molecule has 0 aliphatic carbocycles. The highest BCUT2D eigenvalue weighted by molar-refractivity contribution is 5.60. The first-order valence-electron chi connectivity index (χ1n) is 7.89. The third-order valence-corrected chi connectivity index (χ3v) is 5.07. The number of hydrogen-bond acceptors (Lipinski definition) is 0. The van der Waals surface area contributed by atoms with E-state index in [1.165, 1.54) is 55.4 Å². The summed E-state index contributed by atoms with van der Waals surface area (Å²) in [6, 6.07) is 18.0. The number of nitrogens with zero attached hydrogens (tertiary/aromatic N) is 1. The standard InChI is InChI=1S/C19H22N/c1-2-7-16(8-3-1)15-20-13-5-11-17-9-4-10-18(19(17)20)12-6-14-20/h1-4,7-10H,5-6,11-15H2/q+1. The van der Waals surface area contributed by atoms with Gasteiger partial charge in [0, 0.05) is 29.5 Å². The van der Waals surface area contributed by atoms with Crippen molar-refractivity contribution in [2.75, 3.05) is 13.1 Å². The Morgan fingerprint density at radius 1 is 0.750 bits per heavy atom. The molecule has 0 saturated heterocycles. The molecule has 20 heavy (non-hydrogen) atoms. The molecule has 0 saturated carbocycles. The highest BCUT2D eigenvalue weighted by Crippen LogP contribution is 2.41. The number of rotatable bonds is 2. The fourth-order valence-electron chi connectivity index (χ4n) is 4.31. The third kappa shape index (κ3) is 1.89. The van der Waals surface area contributed by atoms with Gasteiger partial charge in [0.2, 0.25) is 0 Å². The summed E-state index contributed by atoms with van der Waals surface area (Å²) in [6.07, 6.45) is 5.22. The summed E-state index contributed by atoms with van der Waals surface area (Å²) in [6.45, 7) is 3.81. The van der Waals surface area contributed by atoms with Gasteiger partial charge in [-0.25, -0.2) is 0 Å². The molecule has 0 unspecified atom stereocenters. The minimum Gasteiger partial charge on any atom is -0.287 e. The first kappa shape index (κ1) is 12.2. The van der Waals surface area contributed by atoms with Gasteiger partial charge in [-0.3, -0.25) is 4.48 Å². The first-order chi connectivity index (χ1) is 9.87. The molecule has 2 aromatic carbocycles. The summed E-state index contributed by atoms with van der Waals surface area (Å²) in [5, 5.41) is 0. The molecule has 0 atom stereocenters. The van der Waals surface area contributed by atoms with Crippen LogP contribution in [0.1, 0.15) is 29.5 Å². The van der Waals surface area contributed by atoms with Gasteiger partial charge >= 0.3 is 0 Å². The molecule has 0 bridgehead atoms. The van der Waals surface area contributed by atoms with E-state index in [2.05, 4.69) is 48.5 Å². The minimum atomic E-state index is 1.17. The summed E-state index contributed by atoms with van der Waals surface area (Å²) >= 11 is 0. The van der Waals surface area contributed by atoms with Gasteiger partial charge in [0.15, 0.2) is 0 Å². The first-order valence-corrected chi connectivity index (χ1v) is 7.89. The van der Waals surface area contributed by atoms with E-state index >= 15 is 0 Å². The normalized spacial score (nSPS) is 19.4. The van der Waals surface area contributed by atoms with Crippen molar-refractivity contribution in [3.63, 3.8) is 0 Å². The lowest BCUT2D eigenvalue weighted by atomic mass is 9.88. The Balaban J connectivity index is 1.82. The maximum absolute atomic E-state index is 2.36. The van der Waals surface area contributed by atoms with E-state index in [1.54, 1.807) is 16.8 Å². The quantitative estimate of drug-likeness (QED) is 0.717. The Morgan fingerprint density at radius 2 is 1.40 bits per heavy atom. The van der Waals surface area contributed by atoms with E-state index in [0.717, 1.165) is 0 Å². The second-order valence-corrected chi connectivity index (χ2v) is 6.37. The zero-order valence-electron chi connectivity index (χ0n) is 12.0. The average Bonchev–Trinajstić information content (AvgIpc) is 2.49. The zero-order chi connectivity index (χ0) is 13.4. The van der Waals surface area contributed by atoms with Crippen LogP contribution in [0.3, 0.4) is 0 Å². The Labute approximate surface area is 121 Å². The van der Waals surface area contributed by atoms with Crippen LogP contribution in [-0.2, 0) is 19.4 Å². The molecule has 0 aromatic heterocycles. The van der Waals surface area contributed by atoms with E-state index in [1.807, 2.05) is 0 Å².